The quantitative estimate of drug-likeness (QED) is 0.461. The van der Waals surface area contributed by atoms with E-state index in [1.165, 1.54) is 0 Å². The number of rotatable bonds is 8. The van der Waals surface area contributed by atoms with E-state index in [0.29, 0.717) is 28.6 Å². The Labute approximate surface area is 174 Å². The second kappa shape index (κ2) is 8.46. The maximum absolute atomic E-state index is 10.4. The molecule has 4 rings (SSSR count). The number of aliphatic hydroxyl groups excluding tert-OH is 1. The number of ether oxygens (including phenoxy) is 2. The summed E-state index contributed by atoms with van der Waals surface area (Å²) in [6.45, 7) is 4.32. The minimum absolute atomic E-state index is 0.121. The van der Waals surface area contributed by atoms with Gasteiger partial charge in [-0.3, -0.25) is 0 Å². The molecule has 0 unspecified atom stereocenters. The topological polar surface area (TPSA) is 94.0 Å². The van der Waals surface area contributed by atoms with Gasteiger partial charge in [0.2, 0.25) is 0 Å². The summed E-state index contributed by atoms with van der Waals surface area (Å²) in [7, 11) is 1.58. The van der Waals surface area contributed by atoms with Gasteiger partial charge < -0.3 is 24.3 Å². The molecule has 0 aliphatic heterocycles. The van der Waals surface area contributed by atoms with Crippen molar-refractivity contribution in [2.45, 2.75) is 20.0 Å². The molecule has 0 aliphatic rings. The van der Waals surface area contributed by atoms with Crippen LogP contribution in [0.15, 0.2) is 53.1 Å². The number of aromatic nitrogens is 3. The van der Waals surface area contributed by atoms with Crippen molar-refractivity contribution >= 4 is 11.5 Å². The van der Waals surface area contributed by atoms with E-state index >= 15 is 0 Å². The molecule has 30 heavy (non-hydrogen) atoms. The highest BCUT2D eigenvalue weighted by atomic mass is 16.5. The van der Waals surface area contributed by atoms with Crippen molar-refractivity contribution in [1.82, 2.24) is 14.6 Å². The van der Waals surface area contributed by atoms with E-state index in [0.717, 1.165) is 17.1 Å². The summed E-state index contributed by atoms with van der Waals surface area (Å²) in [4.78, 5) is 4.61. The van der Waals surface area contributed by atoms with Crippen LogP contribution in [0.3, 0.4) is 0 Å². The number of anilines is 1. The second-order valence-corrected chi connectivity index (χ2v) is 6.94. The van der Waals surface area contributed by atoms with Crippen molar-refractivity contribution in [2.24, 2.45) is 0 Å². The molecule has 1 atom stereocenters. The SMILES string of the molecule is COc1ccccc1OC[C@@H](O)CNc1c(C)c(C)nc2cc(-c3ccco3)nn12. The standard InChI is InChI=1S/C22H24N4O4/c1-14-15(2)24-21-11-17(18-9-6-10-29-18)25-26(21)22(14)23-12-16(27)13-30-20-8-5-4-7-19(20)28-3/h4-11,16,23,27H,12-13H2,1-3H3/t16-/m0/s1. The third-order valence-electron chi connectivity index (χ3n) is 4.86. The van der Waals surface area contributed by atoms with Crippen LogP contribution in [-0.4, -0.2) is 46.1 Å². The van der Waals surface area contributed by atoms with Crippen LogP contribution >= 0.6 is 0 Å². The summed E-state index contributed by atoms with van der Waals surface area (Å²) in [5.41, 5.74) is 3.23. The first-order valence-corrected chi connectivity index (χ1v) is 9.65. The number of hydrogen-bond donors (Lipinski definition) is 2. The van der Waals surface area contributed by atoms with Crippen LogP contribution in [-0.2, 0) is 0 Å². The Kier molecular flexibility index (Phi) is 5.58. The minimum atomic E-state index is -0.738. The molecule has 0 spiro atoms. The average molecular weight is 408 g/mol. The third kappa shape index (κ3) is 3.95. The lowest BCUT2D eigenvalue weighted by Gasteiger charge is -2.17. The first-order chi connectivity index (χ1) is 14.6. The number of aryl methyl sites for hydroxylation is 1. The number of para-hydroxylation sites is 2. The monoisotopic (exact) mass is 408 g/mol. The first-order valence-electron chi connectivity index (χ1n) is 9.65. The number of nitrogens with zero attached hydrogens (tertiary/aromatic N) is 3. The Balaban J connectivity index is 1.49. The molecule has 2 N–H and O–H groups in total. The summed E-state index contributed by atoms with van der Waals surface area (Å²) in [5.74, 6) is 2.66. The van der Waals surface area contributed by atoms with Gasteiger partial charge in [0.1, 0.15) is 24.2 Å². The van der Waals surface area contributed by atoms with Gasteiger partial charge in [-0.25, -0.2) is 4.98 Å². The fraction of sp³-hybridized carbons (Fsp3) is 0.273. The molecule has 8 nitrogen and oxygen atoms in total. The molecule has 3 heterocycles. The second-order valence-electron chi connectivity index (χ2n) is 6.94. The van der Waals surface area contributed by atoms with Crippen molar-refractivity contribution in [2.75, 3.05) is 25.6 Å². The number of benzene rings is 1. The normalized spacial score (nSPS) is 12.1. The smallest absolute Gasteiger partial charge is 0.161 e. The van der Waals surface area contributed by atoms with E-state index in [1.807, 2.05) is 50.2 Å². The average Bonchev–Trinajstić information content (AvgIpc) is 3.42. The van der Waals surface area contributed by atoms with Crippen LogP contribution in [0.5, 0.6) is 11.5 Å². The molecule has 4 aromatic rings. The van der Waals surface area contributed by atoms with Gasteiger partial charge >= 0.3 is 0 Å². The van der Waals surface area contributed by atoms with Crippen LogP contribution in [0.2, 0.25) is 0 Å². The Bertz CT molecular complexity index is 1140. The summed E-state index contributed by atoms with van der Waals surface area (Å²) < 4.78 is 18.2. The number of methoxy groups -OCH3 is 1. The zero-order valence-corrected chi connectivity index (χ0v) is 17.1. The molecule has 8 heteroatoms. The highest BCUT2D eigenvalue weighted by molar-refractivity contribution is 5.63. The minimum Gasteiger partial charge on any atom is -0.493 e. The van der Waals surface area contributed by atoms with E-state index < -0.39 is 6.10 Å². The number of hydrogen-bond acceptors (Lipinski definition) is 7. The zero-order valence-electron chi connectivity index (χ0n) is 17.1. The fourth-order valence-corrected chi connectivity index (χ4v) is 3.15. The molecule has 0 saturated carbocycles. The largest absolute Gasteiger partial charge is 0.493 e. The van der Waals surface area contributed by atoms with Crippen molar-refractivity contribution < 1.29 is 19.0 Å². The third-order valence-corrected chi connectivity index (χ3v) is 4.86. The molecular formula is C22H24N4O4. The number of nitrogens with one attached hydrogen (secondary N) is 1. The van der Waals surface area contributed by atoms with Crippen LogP contribution in [0.25, 0.3) is 17.1 Å². The van der Waals surface area contributed by atoms with Gasteiger partial charge in [0.05, 0.1) is 13.4 Å². The van der Waals surface area contributed by atoms with Gasteiger partial charge in [-0.15, -0.1) is 0 Å². The summed E-state index contributed by atoms with van der Waals surface area (Å²) in [6.07, 6.45) is 0.874. The van der Waals surface area contributed by atoms with Crippen LogP contribution in [0.1, 0.15) is 11.3 Å². The predicted octanol–water partition coefficient (Wildman–Crippen LogP) is 3.47. The molecule has 0 fully saturated rings. The first kappa shape index (κ1) is 19.8. The van der Waals surface area contributed by atoms with E-state index in [9.17, 15) is 5.11 Å². The van der Waals surface area contributed by atoms with Gasteiger partial charge in [-0.2, -0.15) is 9.61 Å². The highest BCUT2D eigenvalue weighted by Crippen LogP contribution is 2.26. The lowest BCUT2D eigenvalue weighted by atomic mass is 10.2. The molecule has 3 aromatic heterocycles. The van der Waals surface area contributed by atoms with Crippen molar-refractivity contribution in [3.05, 3.63) is 60.0 Å². The Morgan fingerprint density at radius 1 is 1.17 bits per heavy atom. The summed E-state index contributed by atoms with van der Waals surface area (Å²) in [6, 6.07) is 12.9. The molecule has 156 valence electrons. The van der Waals surface area contributed by atoms with Gasteiger partial charge in [0.25, 0.3) is 0 Å². The van der Waals surface area contributed by atoms with Gasteiger partial charge in [-0.05, 0) is 38.1 Å². The lowest BCUT2D eigenvalue weighted by Crippen LogP contribution is -2.27. The molecular weight excluding hydrogens is 384 g/mol. The molecule has 0 bridgehead atoms. The summed E-state index contributed by atoms with van der Waals surface area (Å²) in [5, 5.41) is 18.3. The lowest BCUT2D eigenvalue weighted by molar-refractivity contribution is 0.115. The number of furan rings is 1. The van der Waals surface area contributed by atoms with Gasteiger partial charge in [-0.1, -0.05) is 12.1 Å². The Morgan fingerprint density at radius 2 is 1.97 bits per heavy atom. The summed E-state index contributed by atoms with van der Waals surface area (Å²) >= 11 is 0. The zero-order chi connectivity index (χ0) is 21.1. The molecule has 1 aromatic carbocycles. The van der Waals surface area contributed by atoms with Crippen molar-refractivity contribution in [3.8, 4) is 23.0 Å². The van der Waals surface area contributed by atoms with Crippen molar-refractivity contribution in [1.29, 1.82) is 0 Å². The van der Waals surface area contributed by atoms with E-state index in [-0.39, 0.29) is 13.2 Å². The number of aliphatic hydroxyl groups is 1. The van der Waals surface area contributed by atoms with E-state index in [4.69, 9.17) is 13.9 Å². The predicted molar refractivity (Wildman–Crippen MR) is 113 cm³/mol. The molecule has 0 radical (unpaired) electrons. The maximum atomic E-state index is 10.4. The van der Waals surface area contributed by atoms with Crippen LogP contribution in [0.4, 0.5) is 5.82 Å². The van der Waals surface area contributed by atoms with E-state index in [2.05, 4.69) is 15.4 Å². The number of fused-ring (bicyclic) bond motifs is 1. The fourth-order valence-electron chi connectivity index (χ4n) is 3.15. The molecule has 0 saturated heterocycles. The maximum Gasteiger partial charge on any atom is 0.161 e. The van der Waals surface area contributed by atoms with Crippen molar-refractivity contribution in [3.63, 3.8) is 0 Å². The molecule has 0 aliphatic carbocycles. The Morgan fingerprint density at radius 3 is 2.70 bits per heavy atom. The van der Waals surface area contributed by atoms with E-state index in [1.54, 1.807) is 24.0 Å². The van der Waals surface area contributed by atoms with Crippen LogP contribution < -0.4 is 14.8 Å². The Hall–Kier alpha value is -3.52. The van der Waals surface area contributed by atoms with Gasteiger partial charge in [0, 0.05) is 23.9 Å². The van der Waals surface area contributed by atoms with Crippen LogP contribution in [0, 0.1) is 13.8 Å². The highest BCUT2D eigenvalue weighted by Gasteiger charge is 2.16. The molecule has 0 amide bonds. The van der Waals surface area contributed by atoms with Gasteiger partial charge in [0.15, 0.2) is 22.9 Å².